The van der Waals surface area contributed by atoms with Gasteiger partial charge >= 0.3 is 11.9 Å². The molecule has 1 aromatic carbocycles. The maximum Gasteiger partial charge on any atom is 0.360 e. The van der Waals surface area contributed by atoms with Gasteiger partial charge in [0.05, 0.1) is 24.9 Å². The van der Waals surface area contributed by atoms with Crippen LogP contribution in [0.3, 0.4) is 0 Å². The van der Waals surface area contributed by atoms with Crippen molar-refractivity contribution >= 4 is 11.9 Å². The molecule has 0 aliphatic heterocycles. The number of rotatable bonds is 4. The molecule has 0 N–H and O–H groups in total. The van der Waals surface area contributed by atoms with Crippen molar-refractivity contribution < 1.29 is 19.1 Å². The fourth-order valence-electron chi connectivity index (χ4n) is 3.23. The Morgan fingerprint density at radius 2 is 1.88 bits per heavy atom. The Morgan fingerprint density at radius 3 is 2.62 bits per heavy atom. The van der Waals surface area contributed by atoms with Crippen LogP contribution in [0.15, 0.2) is 24.4 Å². The van der Waals surface area contributed by atoms with Crippen LogP contribution >= 0.6 is 0 Å². The molecule has 138 valence electrons. The van der Waals surface area contributed by atoms with Crippen molar-refractivity contribution in [3.63, 3.8) is 0 Å². The van der Waals surface area contributed by atoms with Gasteiger partial charge in [-0.1, -0.05) is 17.7 Å². The third kappa shape index (κ3) is 3.76. The van der Waals surface area contributed by atoms with Crippen molar-refractivity contribution in [3.05, 3.63) is 46.8 Å². The lowest BCUT2D eigenvalue weighted by atomic mass is 9.92. The summed E-state index contributed by atoms with van der Waals surface area (Å²) in [6, 6.07) is 5.42. The highest BCUT2D eigenvalue weighted by Gasteiger charge is 2.31. The zero-order valence-corrected chi connectivity index (χ0v) is 15.3. The predicted molar refractivity (Wildman–Crippen MR) is 94.0 cm³/mol. The molecule has 1 saturated carbocycles. The molecule has 0 radical (unpaired) electrons. The van der Waals surface area contributed by atoms with Gasteiger partial charge in [-0.3, -0.25) is 0 Å². The van der Waals surface area contributed by atoms with E-state index in [0.29, 0.717) is 5.56 Å². The number of aromatic nitrogens is 3. The molecule has 1 heterocycles. The Morgan fingerprint density at radius 1 is 1.12 bits per heavy atom. The summed E-state index contributed by atoms with van der Waals surface area (Å²) in [7, 11) is 1.30. The van der Waals surface area contributed by atoms with Gasteiger partial charge in [0.1, 0.15) is 6.10 Å². The number of ether oxygens (including phenoxy) is 2. The Balaban J connectivity index is 1.76. The first-order valence-electron chi connectivity index (χ1n) is 8.78. The second-order valence-electron chi connectivity index (χ2n) is 6.67. The number of carbonyl (C=O) groups is 2. The molecule has 7 heteroatoms. The van der Waals surface area contributed by atoms with Gasteiger partial charge in [0.2, 0.25) is 0 Å². The Kier molecular flexibility index (Phi) is 5.35. The van der Waals surface area contributed by atoms with E-state index in [-0.39, 0.29) is 23.8 Å². The number of carbonyl (C=O) groups excluding carboxylic acids is 2. The van der Waals surface area contributed by atoms with Gasteiger partial charge in [0, 0.05) is 0 Å². The van der Waals surface area contributed by atoms with Gasteiger partial charge in [-0.25, -0.2) is 14.3 Å². The van der Waals surface area contributed by atoms with Crippen molar-refractivity contribution in [2.75, 3.05) is 7.11 Å². The first-order chi connectivity index (χ1) is 12.5. The van der Waals surface area contributed by atoms with Crippen LogP contribution in [0.1, 0.15) is 63.7 Å². The van der Waals surface area contributed by atoms with Crippen LogP contribution in [0.25, 0.3) is 0 Å². The zero-order valence-electron chi connectivity index (χ0n) is 15.3. The van der Waals surface area contributed by atoms with E-state index in [2.05, 4.69) is 15.0 Å². The van der Waals surface area contributed by atoms with E-state index >= 15 is 0 Å². The highest BCUT2D eigenvalue weighted by Crippen LogP contribution is 2.31. The molecule has 1 fully saturated rings. The Hall–Kier alpha value is -2.70. The van der Waals surface area contributed by atoms with Gasteiger partial charge in [-0.05, 0) is 56.4 Å². The van der Waals surface area contributed by atoms with E-state index < -0.39 is 5.97 Å². The average molecular weight is 357 g/mol. The summed E-state index contributed by atoms with van der Waals surface area (Å²) < 4.78 is 12.1. The highest BCUT2D eigenvalue weighted by atomic mass is 16.5. The topological polar surface area (TPSA) is 83.3 Å². The third-order valence-corrected chi connectivity index (χ3v) is 4.91. The van der Waals surface area contributed by atoms with Crippen LogP contribution in [0, 0.1) is 13.8 Å². The van der Waals surface area contributed by atoms with E-state index in [1.807, 2.05) is 26.0 Å². The highest BCUT2D eigenvalue weighted by molar-refractivity contribution is 5.90. The van der Waals surface area contributed by atoms with Gasteiger partial charge < -0.3 is 9.47 Å². The van der Waals surface area contributed by atoms with Crippen LogP contribution in [0.5, 0.6) is 0 Å². The smallest absolute Gasteiger partial charge is 0.360 e. The molecule has 0 amide bonds. The SMILES string of the molecule is COC(=O)c1cn(C2CCCCC2OC(=O)c2ccc(C)c(C)c2)nn1. The number of esters is 2. The first-order valence-corrected chi connectivity index (χ1v) is 8.78. The van der Waals surface area contributed by atoms with Crippen molar-refractivity contribution in [2.45, 2.75) is 51.7 Å². The number of aryl methyl sites for hydroxylation is 2. The van der Waals surface area contributed by atoms with E-state index in [4.69, 9.17) is 4.74 Å². The van der Waals surface area contributed by atoms with Crippen molar-refractivity contribution in [2.24, 2.45) is 0 Å². The third-order valence-electron chi connectivity index (χ3n) is 4.91. The van der Waals surface area contributed by atoms with E-state index in [1.54, 1.807) is 16.9 Å². The van der Waals surface area contributed by atoms with Crippen molar-refractivity contribution in [1.29, 1.82) is 0 Å². The fourth-order valence-corrected chi connectivity index (χ4v) is 3.23. The molecule has 26 heavy (non-hydrogen) atoms. The lowest BCUT2D eigenvalue weighted by molar-refractivity contribution is 0.00172. The largest absolute Gasteiger partial charge is 0.464 e. The monoisotopic (exact) mass is 357 g/mol. The molecule has 1 aliphatic carbocycles. The quantitative estimate of drug-likeness (QED) is 0.782. The minimum absolute atomic E-state index is 0.134. The van der Waals surface area contributed by atoms with Crippen molar-refractivity contribution in [1.82, 2.24) is 15.0 Å². The molecule has 3 rings (SSSR count). The second kappa shape index (κ2) is 7.68. The Labute approximate surface area is 152 Å². The minimum Gasteiger partial charge on any atom is -0.464 e. The Bertz CT molecular complexity index is 815. The summed E-state index contributed by atoms with van der Waals surface area (Å²) in [5.74, 6) is -0.867. The summed E-state index contributed by atoms with van der Waals surface area (Å²) in [5.41, 5.74) is 2.89. The van der Waals surface area contributed by atoms with E-state index in [9.17, 15) is 9.59 Å². The number of benzene rings is 1. The summed E-state index contributed by atoms with van der Waals surface area (Å²) in [5, 5.41) is 7.89. The second-order valence-corrected chi connectivity index (χ2v) is 6.67. The maximum atomic E-state index is 12.6. The van der Waals surface area contributed by atoms with Crippen LogP contribution < -0.4 is 0 Å². The standard InChI is InChI=1S/C19H23N3O4/c1-12-8-9-14(10-13(12)2)18(23)26-17-7-5-4-6-16(17)22-11-15(20-21-22)19(24)25-3/h8-11,16-17H,4-7H2,1-3H3. The number of hydrogen-bond donors (Lipinski definition) is 0. The fraction of sp³-hybridized carbons (Fsp3) is 0.474. The molecule has 0 saturated heterocycles. The molecule has 2 aromatic rings. The number of hydrogen-bond acceptors (Lipinski definition) is 6. The molecule has 7 nitrogen and oxygen atoms in total. The molecular weight excluding hydrogens is 334 g/mol. The summed E-state index contributed by atoms with van der Waals surface area (Å²) >= 11 is 0. The van der Waals surface area contributed by atoms with Crippen LogP contribution in [0.4, 0.5) is 0 Å². The van der Waals surface area contributed by atoms with Gasteiger partial charge in [-0.2, -0.15) is 0 Å². The summed E-state index contributed by atoms with van der Waals surface area (Å²) in [6.45, 7) is 3.98. The van der Waals surface area contributed by atoms with E-state index in [0.717, 1.165) is 36.8 Å². The zero-order chi connectivity index (χ0) is 18.7. The van der Waals surface area contributed by atoms with Gasteiger partial charge in [0.25, 0.3) is 0 Å². The molecule has 2 atom stereocenters. The predicted octanol–water partition coefficient (Wildman–Crippen LogP) is 3.02. The molecule has 2 unspecified atom stereocenters. The number of methoxy groups -OCH3 is 1. The first kappa shape index (κ1) is 18.1. The van der Waals surface area contributed by atoms with Crippen LogP contribution in [0.2, 0.25) is 0 Å². The maximum absolute atomic E-state index is 12.6. The average Bonchev–Trinajstić information content (AvgIpc) is 3.13. The van der Waals surface area contributed by atoms with E-state index in [1.165, 1.54) is 7.11 Å². The number of nitrogens with zero attached hydrogens (tertiary/aromatic N) is 3. The normalized spacial score (nSPS) is 19.8. The van der Waals surface area contributed by atoms with Gasteiger partial charge in [-0.15, -0.1) is 5.10 Å². The van der Waals surface area contributed by atoms with Crippen molar-refractivity contribution in [3.8, 4) is 0 Å². The molecular formula is C19H23N3O4. The van der Waals surface area contributed by atoms with Crippen LogP contribution in [-0.4, -0.2) is 40.1 Å². The van der Waals surface area contributed by atoms with Gasteiger partial charge in [0.15, 0.2) is 5.69 Å². The summed E-state index contributed by atoms with van der Waals surface area (Å²) in [4.78, 5) is 24.2. The lowest BCUT2D eigenvalue weighted by Gasteiger charge is -2.30. The van der Waals surface area contributed by atoms with Crippen LogP contribution in [-0.2, 0) is 9.47 Å². The minimum atomic E-state index is -0.532. The molecule has 0 bridgehead atoms. The summed E-state index contributed by atoms with van der Waals surface area (Å²) in [6.07, 6.45) is 4.82. The molecule has 0 spiro atoms. The molecule has 1 aromatic heterocycles. The lowest BCUT2D eigenvalue weighted by Crippen LogP contribution is -2.32. The molecule has 1 aliphatic rings.